The molecular weight excluding hydrogens is 270 g/mol. The first kappa shape index (κ1) is 14.8. The molecule has 1 aromatic heterocycles. The summed E-state index contributed by atoms with van der Waals surface area (Å²) in [7, 11) is 1.86. The summed E-state index contributed by atoms with van der Waals surface area (Å²) in [5.74, 6) is 1.63. The monoisotopic (exact) mass is 289 g/mol. The van der Waals surface area contributed by atoms with Gasteiger partial charge in [0.15, 0.2) is 0 Å². The molecule has 0 fully saturated rings. The van der Waals surface area contributed by atoms with Gasteiger partial charge in [0, 0.05) is 29.1 Å². The van der Waals surface area contributed by atoms with E-state index in [1.165, 1.54) is 0 Å². The summed E-state index contributed by atoms with van der Waals surface area (Å²) in [6, 6.07) is 7.94. The summed E-state index contributed by atoms with van der Waals surface area (Å²) >= 11 is 6.21. The molecule has 0 radical (unpaired) electrons. The van der Waals surface area contributed by atoms with Crippen molar-refractivity contribution in [2.45, 2.75) is 33.1 Å². The van der Waals surface area contributed by atoms with Gasteiger partial charge in [0.05, 0.1) is 5.69 Å². The minimum absolute atomic E-state index is 0.101. The maximum atomic E-state index is 6.21. The zero-order chi connectivity index (χ0) is 14.9. The average Bonchev–Trinajstić information content (AvgIpc) is 2.40. The lowest BCUT2D eigenvalue weighted by atomic mass is 9.95. The van der Waals surface area contributed by atoms with Crippen LogP contribution in [0.5, 0.6) is 0 Å². The number of rotatable bonds is 2. The molecule has 2 aromatic rings. The molecule has 0 saturated carbocycles. The van der Waals surface area contributed by atoms with E-state index in [0.717, 1.165) is 33.5 Å². The van der Waals surface area contributed by atoms with Gasteiger partial charge >= 0.3 is 0 Å². The molecule has 1 heterocycles. The molecule has 0 bridgehead atoms. The fourth-order valence-corrected chi connectivity index (χ4v) is 1.99. The van der Waals surface area contributed by atoms with Gasteiger partial charge in [-0.1, -0.05) is 44.5 Å². The summed E-state index contributed by atoms with van der Waals surface area (Å²) in [6.07, 6.45) is 0. The topological polar surface area (TPSA) is 37.8 Å². The Kier molecular flexibility index (Phi) is 4.00. The highest BCUT2D eigenvalue weighted by Gasteiger charge is 2.19. The number of halogens is 1. The van der Waals surface area contributed by atoms with E-state index in [1.54, 1.807) is 0 Å². The Morgan fingerprint density at radius 1 is 1.10 bits per heavy atom. The Morgan fingerprint density at radius 2 is 1.80 bits per heavy atom. The quantitative estimate of drug-likeness (QED) is 0.888. The number of anilines is 1. The second-order valence-corrected chi connectivity index (χ2v) is 6.33. The molecule has 0 saturated heterocycles. The zero-order valence-electron chi connectivity index (χ0n) is 12.6. The predicted octanol–water partition coefficient (Wildman–Crippen LogP) is 4.44. The maximum Gasteiger partial charge on any atom is 0.136 e. The van der Waals surface area contributed by atoms with E-state index in [4.69, 9.17) is 11.6 Å². The second kappa shape index (κ2) is 5.41. The fraction of sp³-hybridized carbons (Fsp3) is 0.375. The van der Waals surface area contributed by atoms with E-state index in [-0.39, 0.29) is 5.41 Å². The highest BCUT2D eigenvalue weighted by molar-refractivity contribution is 6.31. The largest absolute Gasteiger partial charge is 0.373 e. The number of benzene rings is 1. The molecule has 2 rings (SSSR count). The number of aromatic nitrogens is 2. The number of hydrogen-bond donors (Lipinski definition) is 1. The van der Waals surface area contributed by atoms with Crippen LogP contribution in [0.4, 0.5) is 5.82 Å². The van der Waals surface area contributed by atoms with E-state index < -0.39 is 0 Å². The molecule has 0 aliphatic heterocycles. The molecule has 0 amide bonds. The summed E-state index contributed by atoms with van der Waals surface area (Å²) in [6.45, 7) is 8.31. The molecule has 0 unspecified atom stereocenters. The Hall–Kier alpha value is -1.61. The smallest absolute Gasteiger partial charge is 0.136 e. The lowest BCUT2D eigenvalue weighted by molar-refractivity contribution is 0.547. The summed E-state index contributed by atoms with van der Waals surface area (Å²) < 4.78 is 0. The summed E-state index contributed by atoms with van der Waals surface area (Å²) in [5.41, 5.74) is 2.85. The van der Waals surface area contributed by atoms with Crippen LogP contribution in [0.3, 0.4) is 0 Å². The van der Waals surface area contributed by atoms with Crippen molar-refractivity contribution in [1.29, 1.82) is 0 Å². The van der Waals surface area contributed by atoms with Gasteiger partial charge in [-0.3, -0.25) is 0 Å². The number of aryl methyl sites for hydroxylation is 1. The van der Waals surface area contributed by atoms with Crippen LogP contribution in [0.2, 0.25) is 5.02 Å². The lowest BCUT2D eigenvalue weighted by Gasteiger charge is -2.18. The van der Waals surface area contributed by atoms with Crippen LogP contribution >= 0.6 is 11.6 Å². The van der Waals surface area contributed by atoms with E-state index >= 15 is 0 Å². The van der Waals surface area contributed by atoms with E-state index in [9.17, 15) is 0 Å². The molecule has 0 atom stereocenters. The SMILES string of the molecule is CNc1cc(-c2ccc(C)c(Cl)c2)nc(C(C)(C)C)n1. The van der Waals surface area contributed by atoms with Gasteiger partial charge in [0.25, 0.3) is 0 Å². The Labute approximate surface area is 125 Å². The van der Waals surface area contributed by atoms with Crippen LogP contribution in [0.15, 0.2) is 24.3 Å². The first-order valence-corrected chi connectivity index (χ1v) is 7.03. The van der Waals surface area contributed by atoms with Crippen molar-refractivity contribution in [1.82, 2.24) is 9.97 Å². The van der Waals surface area contributed by atoms with Gasteiger partial charge < -0.3 is 5.32 Å². The van der Waals surface area contributed by atoms with Gasteiger partial charge in [-0.15, -0.1) is 0 Å². The van der Waals surface area contributed by atoms with Crippen LogP contribution in [0.25, 0.3) is 11.3 Å². The standard InChI is InChI=1S/C16H20ClN3/c1-10-6-7-11(8-12(10)17)13-9-14(18-5)20-15(19-13)16(2,3)4/h6-9H,1-5H3,(H,18,19,20). The fourth-order valence-electron chi connectivity index (χ4n) is 1.81. The molecular formula is C16H20ClN3. The first-order valence-electron chi connectivity index (χ1n) is 6.65. The Morgan fingerprint density at radius 3 is 2.35 bits per heavy atom. The number of hydrogen-bond acceptors (Lipinski definition) is 3. The van der Waals surface area contributed by atoms with Crippen LogP contribution in [0, 0.1) is 6.92 Å². The highest BCUT2D eigenvalue weighted by atomic mass is 35.5. The van der Waals surface area contributed by atoms with Crippen LogP contribution in [0.1, 0.15) is 32.2 Å². The number of nitrogens with one attached hydrogen (secondary N) is 1. The molecule has 3 nitrogen and oxygen atoms in total. The van der Waals surface area contributed by atoms with Gasteiger partial charge in [0.2, 0.25) is 0 Å². The molecule has 106 valence electrons. The Bertz CT molecular complexity index is 630. The molecule has 0 aliphatic carbocycles. The van der Waals surface area contributed by atoms with Crippen molar-refractivity contribution < 1.29 is 0 Å². The van der Waals surface area contributed by atoms with Gasteiger partial charge in [-0.05, 0) is 18.6 Å². The van der Waals surface area contributed by atoms with E-state index in [1.807, 2.05) is 38.2 Å². The van der Waals surface area contributed by atoms with Crippen molar-refractivity contribution in [2.24, 2.45) is 0 Å². The van der Waals surface area contributed by atoms with Crippen molar-refractivity contribution in [3.63, 3.8) is 0 Å². The van der Waals surface area contributed by atoms with Gasteiger partial charge in [-0.25, -0.2) is 9.97 Å². The average molecular weight is 290 g/mol. The summed E-state index contributed by atoms with van der Waals surface area (Å²) in [4.78, 5) is 9.22. The predicted molar refractivity (Wildman–Crippen MR) is 85.5 cm³/mol. The zero-order valence-corrected chi connectivity index (χ0v) is 13.3. The minimum atomic E-state index is -0.101. The van der Waals surface area contributed by atoms with Crippen molar-refractivity contribution >= 4 is 17.4 Å². The lowest BCUT2D eigenvalue weighted by Crippen LogP contribution is -2.17. The van der Waals surface area contributed by atoms with Crippen LogP contribution in [-0.4, -0.2) is 17.0 Å². The van der Waals surface area contributed by atoms with Crippen LogP contribution < -0.4 is 5.32 Å². The molecule has 4 heteroatoms. The van der Waals surface area contributed by atoms with Crippen molar-refractivity contribution in [3.8, 4) is 11.3 Å². The van der Waals surface area contributed by atoms with Gasteiger partial charge in [0.1, 0.15) is 11.6 Å². The first-order chi connectivity index (χ1) is 9.31. The highest BCUT2D eigenvalue weighted by Crippen LogP contribution is 2.28. The second-order valence-electron chi connectivity index (χ2n) is 5.93. The molecule has 1 aromatic carbocycles. The summed E-state index contributed by atoms with van der Waals surface area (Å²) in [5, 5.41) is 3.85. The van der Waals surface area contributed by atoms with Crippen molar-refractivity contribution in [3.05, 3.63) is 40.7 Å². The molecule has 1 N–H and O–H groups in total. The Balaban J connectivity index is 2.58. The van der Waals surface area contributed by atoms with E-state index in [2.05, 4.69) is 36.1 Å². The number of nitrogens with zero attached hydrogens (tertiary/aromatic N) is 2. The third-order valence-corrected chi connectivity index (χ3v) is 3.53. The minimum Gasteiger partial charge on any atom is -0.373 e. The van der Waals surface area contributed by atoms with Crippen LogP contribution in [-0.2, 0) is 5.41 Å². The molecule has 0 aliphatic rings. The third kappa shape index (κ3) is 3.10. The maximum absolute atomic E-state index is 6.21. The van der Waals surface area contributed by atoms with E-state index in [0.29, 0.717) is 0 Å². The third-order valence-electron chi connectivity index (χ3n) is 3.12. The normalized spacial score (nSPS) is 11.5. The molecule has 0 spiro atoms. The van der Waals surface area contributed by atoms with Crippen molar-refractivity contribution in [2.75, 3.05) is 12.4 Å². The van der Waals surface area contributed by atoms with Gasteiger partial charge in [-0.2, -0.15) is 0 Å². The molecule has 20 heavy (non-hydrogen) atoms.